The van der Waals surface area contributed by atoms with Crippen molar-refractivity contribution in [2.24, 2.45) is 0 Å². The van der Waals surface area contributed by atoms with Crippen LogP contribution in [0, 0.1) is 0 Å². The zero-order chi connectivity index (χ0) is 13.7. The van der Waals surface area contributed by atoms with Gasteiger partial charge in [0.25, 0.3) is 0 Å². The fourth-order valence-corrected chi connectivity index (χ4v) is 1.48. The maximum absolute atomic E-state index is 11.4. The lowest BCUT2D eigenvalue weighted by Gasteiger charge is -2.20. The number of carbonyl (C=O) groups excluding carboxylic acids is 1. The highest BCUT2D eigenvalue weighted by Crippen LogP contribution is 2.17. The van der Waals surface area contributed by atoms with E-state index in [4.69, 9.17) is 10.2 Å². The minimum Gasteiger partial charge on any atom is -0.481 e. The first-order valence-electron chi connectivity index (χ1n) is 5.25. The van der Waals surface area contributed by atoms with Crippen molar-refractivity contribution in [2.45, 2.75) is 13.3 Å². The molecule has 2 N–H and O–H groups in total. The van der Waals surface area contributed by atoms with Crippen LogP contribution in [0.15, 0.2) is 24.3 Å². The molecule has 96 valence electrons. The lowest BCUT2D eigenvalue weighted by molar-refractivity contribution is -0.136. The monoisotopic (exact) mass is 251 g/mol. The summed E-state index contributed by atoms with van der Waals surface area (Å²) in [5, 5.41) is 17.5. The van der Waals surface area contributed by atoms with Crippen molar-refractivity contribution in [3.63, 3.8) is 0 Å². The predicted octanol–water partition coefficient (Wildman–Crippen LogP) is 1.21. The molecule has 0 unspecified atom stereocenters. The standard InChI is InChI=1S/C12H13NO5/c1-8(14)13(6-5-11(15)16)10-4-2-3-9(7-10)12(17)18/h2-4,7H,5-6H2,1H3,(H,15,16)(H,17,18). The Morgan fingerprint density at radius 2 is 1.89 bits per heavy atom. The van der Waals surface area contributed by atoms with Crippen molar-refractivity contribution in [1.82, 2.24) is 0 Å². The summed E-state index contributed by atoms with van der Waals surface area (Å²) in [6.45, 7) is 1.31. The second kappa shape index (κ2) is 5.81. The Labute approximate surface area is 103 Å². The average Bonchev–Trinajstić information content (AvgIpc) is 2.28. The SMILES string of the molecule is CC(=O)N(CCC(=O)O)c1cccc(C(=O)O)c1. The molecular formula is C12H13NO5. The molecule has 0 spiro atoms. The average molecular weight is 251 g/mol. The summed E-state index contributed by atoms with van der Waals surface area (Å²) in [5.74, 6) is -2.45. The fourth-order valence-electron chi connectivity index (χ4n) is 1.48. The summed E-state index contributed by atoms with van der Waals surface area (Å²) in [7, 11) is 0. The summed E-state index contributed by atoms with van der Waals surface area (Å²) < 4.78 is 0. The molecule has 1 amide bonds. The largest absolute Gasteiger partial charge is 0.481 e. The van der Waals surface area contributed by atoms with E-state index >= 15 is 0 Å². The third kappa shape index (κ3) is 3.58. The van der Waals surface area contributed by atoms with Crippen LogP contribution in [0.5, 0.6) is 0 Å². The maximum Gasteiger partial charge on any atom is 0.335 e. The van der Waals surface area contributed by atoms with Crippen molar-refractivity contribution in [1.29, 1.82) is 0 Å². The molecule has 0 aliphatic rings. The first-order valence-corrected chi connectivity index (χ1v) is 5.25. The third-order valence-electron chi connectivity index (χ3n) is 2.33. The zero-order valence-corrected chi connectivity index (χ0v) is 9.79. The van der Waals surface area contributed by atoms with Crippen molar-refractivity contribution in [3.8, 4) is 0 Å². The van der Waals surface area contributed by atoms with E-state index in [1.165, 1.54) is 30.0 Å². The van der Waals surface area contributed by atoms with Crippen LogP contribution < -0.4 is 4.90 Å². The number of anilines is 1. The molecule has 18 heavy (non-hydrogen) atoms. The molecule has 0 bridgehead atoms. The lowest BCUT2D eigenvalue weighted by atomic mass is 10.2. The van der Waals surface area contributed by atoms with Gasteiger partial charge in [0.15, 0.2) is 0 Å². The van der Waals surface area contributed by atoms with Crippen molar-refractivity contribution in [2.75, 3.05) is 11.4 Å². The number of nitrogens with zero attached hydrogens (tertiary/aromatic N) is 1. The van der Waals surface area contributed by atoms with Gasteiger partial charge in [-0.2, -0.15) is 0 Å². The first kappa shape index (κ1) is 13.7. The molecule has 6 heteroatoms. The van der Waals surface area contributed by atoms with Crippen LogP contribution in [0.25, 0.3) is 0 Å². The van der Waals surface area contributed by atoms with Gasteiger partial charge in [-0.25, -0.2) is 4.79 Å². The Morgan fingerprint density at radius 1 is 1.22 bits per heavy atom. The smallest absolute Gasteiger partial charge is 0.335 e. The zero-order valence-electron chi connectivity index (χ0n) is 9.79. The quantitative estimate of drug-likeness (QED) is 0.820. The first-order chi connectivity index (χ1) is 8.41. The number of carboxylic acids is 2. The number of hydrogen-bond donors (Lipinski definition) is 2. The maximum atomic E-state index is 11.4. The Morgan fingerprint density at radius 3 is 2.39 bits per heavy atom. The van der Waals surface area contributed by atoms with Gasteiger partial charge in [-0.3, -0.25) is 9.59 Å². The van der Waals surface area contributed by atoms with E-state index in [9.17, 15) is 14.4 Å². The van der Waals surface area contributed by atoms with Crippen molar-refractivity contribution >= 4 is 23.5 Å². The Bertz CT molecular complexity index is 483. The topological polar surface area (TPSA) is 94.9 Å². The van der Waals surface area contributed by atoms with E-state index in [0.717, 1.165) is 0 Å². The molecule has 0 saturated heterocycles. The summed E-state index contributed by atoms with van der Waals surface area (Å²) in [5.41, 5.74) is 0.428. The van der Waals surface area contributed by atoms with Crippen molar-refractivity contribution in [3.05, 3.63) is 29.8 Å². The molecule has 1 aromatic rings. The van der Waals surface area contributed by atoms with E-state index in [2.05, 4.69) is 0 Å². The van der Waals surface area contributed by atoms with E-state index in [-0.39, 0.29) is 24.4 Å². The second-order valence-electron chi connectivity index (χ2n) is 3.67. The van der Waals surface area contributed by atoms with Gasteiger partial charge >= 0.3 is 11.9 Å². The highest BCUT2D eigenvalue weighted by atomic mass is 16.4. The van der Waals surface area contributed by atoms with Gasteiger partial charge in [0.1, 0.15) is 0 Å². The van der Waals surface area contributed by atoms with Crippen LogP contribution in [0.2, 0.25) is 0 Å². The molecule has 0 radical (unpaired) electrons. The van der Waals surface area contributed by atoms with Crippen LogP contribution in [0.3, 0.4) is 0 Å². The second-order valence-corrected chi connectivity index (χ2v) is 3.67. The highest BCUT2D eigenvalue weighted by Gasteiger charge is 2.14. The van der Waals surface area contributed by atoms with E-state index in [1.54, 1.807) is 6.07 Å². The van der Waals surface area contributed by atoms with Crippen molar-refractivity contribution < 1.29 is 24.6 Å². The summed E-state index contributed by atoms with van der Waals surface area (Å²) in [4.78, 5) is 34.0. The molecule has 1 rings (SSSR count). The molecule has 0 atom stereocenters. The van der Waals surface area contributed by atoms with E-state index in [1.807, 2.05) is 0 Å². The van der Waals surface area contributed by atoms with Gasteiger partial charge < -0.3 is 15.1 Å². The minimum atomic E-state index is -1.10. The highest BCUT2D eigenvalue weighted by molar-refractivity contribution is 5.94. The molecule has 0 aromatic heterocycles. The molecule has 0 heterocycles. The Kier molecular flexibility index (Phi) is 4.42. The predicted molar refractivity (Wildman–Crippen MR) is 63.7 cm³/mol. The molecule has 0 saturated carbocycles. The van der Waals surface area contributed by atoms with Gasteiger partial charge in [-0.15, -0.1) is 0 Å². The number of aliphatic carboxylic acids is 1. The molecule has 1 aromatic carbocycles. The molecule has 0 fully saturated rings. The summed E-state index contributed by atoms with van der Waals surface area (Å²) in [6.07, 6.45) is -0.198. The van der Waals surface area contributed by atoms with Crippen LogP contribution in [-0.2, 0) is 9.59 Å². The van der Waals surface area contributed by atoms with E-state index in [0.29, 0.717) is 5.69 Å². The number of amides is 1. The normalized spacial score (nSPS) is 9.83. The Hall–Kier alpha value is -2.37. The van der Waals surface area contributed by atoms with Crippen LogP contribution in [-0.4, -0.2) is 34.6 Å². The van der Waals surface area contributed by atoms with Gasteiger partial charge in [-0.1, -0.05) is 6.07 Å². The van der Waals surface area contributed by atoms with Crippen LogP contribution in [0.4, 0.5) is 5.69 Å². The van der Waals surface area contributed by atoms with Gasteiger partial charge in [-0.05, 0) is 18.2 Å². The Balaban J connectivity index is 2.98. The van der Waals surface area contributed by atoms with Gasteiger partial charge in [0.05, 0.1) is 12.0 Å². The summed E-state index contributed by atoms with van der Waals surface area (Å²) >= 11 is 0. The molecule has 0 aliphatic heterocycles. The van der Waals surface area contributed by atoms with Gasteiger partial charge in [0, 0.05) is 19.2 Å². The number of carbonyl (C=O) groups is 3. The fraction of sp³-hybridized carbons (Fsp3) is 0.250. The number of rotatable bonds is 5. The molecule has 0 aliphatic carbocycles. The number of carboxylic acid groups (broad SMARTS) is 2. The lowest BCUT2D eigenvalue weighted by Crippen LogP contribution is -2.30. The van der Waals surface area contributed by atoms with Crippen LogP contribution >= 0.6 is 0 Å². The summed E-state index contributed by atoms with van der Waals surface area (Å²) in [6, 6.07) is 5.82. The van der Waals surface area contributed by atoms with Gasteiger partial charge in [0.2, 0.25) is 5.91 Å². The number of aromatic carboxylic acids is 1. The molecular weight excluding hydrogens is 238 g/mol. The third-order valence-corrected chi connectivity index (χ3v) is 2.33. The number of benzene rings is 1. The number of hydrogen-bond acceptors (Lipinski definition) is 3. The molecule has 6 nitrogen and oxygen atoms in total. The minimum absolute atomic E-state index is 0.00768. The van der Waals surface area contributed by atoms with E-state index < -0.39 is 11.9 Å². The van der Waals surface area contributed by atoms with Crippen LogP contribution in [0.1, 0.15) is 23.7 Å².